The molecule has 0 bridgehead atoms. The average Bonchev–Trinajstić information content (AvgIpc) is 3.25. The molecule has 3 heterocycles. The third-order valence-electron chi connectivity index (χ3n) is 4.91. The van der Waals surface area contributed by atoms with Crippen molar-refractivity contribution >= 4 is 5.91 Å². The first-order valence-corrected chi connectivity index (χ1v) is 8.93. The van der Waals surface area contributed by atoms with E-state index in [-0.39, 0.29) is 5.91 Å². The Hall–Kier alpha value is -3.09. The molecule has 0 saturated carbocycles. The van der Waals surface area contributed by atoms with Crippen LogP contribution in [0.2, 0.25) is 0 Å². The number of fused-ring (bicyclic) bond motifs is 1. The largest absolute Gasteiger partial charge is 0.497 e. The Kier molecular flexibility index (Phi) is 4.43. The highest BCUT2D eigenvalue weighted by molar-refractivity contribution is 5.79. The van der Waals surface area contributed by atoms with Crippen molar-refractivity contribution in [2.24, 2.45) is 7.05 Å². The molecule has 1 aromatic carbocycles. The van der Waals surface area contributed by atoms with Crippen molar-refractivity contribution in [2.45, 2.75) is 26.3 Å². The lowest BCUT2D eigenvalue weighted by Gasteiger charge is -2.27. The van der Waals surface area contributed by atoms with E-state index in [2.05, 4.69) is 10.1 Å². The van der Waals surface area contributed by atoms with Crippen LogP contribution < -0.4 is 4.74 Å². The number of amides is 1. The maximum atomic E-state index is 12.9. The van der Waals surface area contributed by atoms with E-state index in [0.717, 1.165) is 40.4 Å². The van der Waals surface area contributed by atoms with Gasteiger partial charge in [0.05, 0.1) is 19.7 Å². The van der Waals surface area contributed by atoms with Gasteiger partial charge in [0.2, 0.25) is 11.8 Å². The number of aromatic nitrogens is 3. The van der Waals surface area contributed by atoms with Gasteiger partial charge in [0.15, 0.2) is 5.69 Å². The van der Waals surface area contributed by atoms with E-state index in [4.69, 9.17) is 9.15 Å². The van der Waals surface area contributed by atoms with Gasteiger partial charge in [-0.3, -0.25) is 9.48 Å². The van der Waals surface area contributed by atoms with Gasteiger partial charge in [-0.2, -0.15) is 5.10 Å². The Morgan fingerprint density at radius 3 is 2.96 bits per heavy atom. The van der Waals surface area contributed by atoms with E-state index in [1.165, 1.54) is 0 Å². The Morgan fingerprint density at radius 1 is 1.37 bits per heavy atom. The van der Waals surface area contributed by atoms with Gasteiger partial charge in [0, 0.05) is 37.8 Å². The molecule has 7 heteroatoms. The summed E-state index contributed by atoms with van der Waals surface area (Å²) in [7, 11) is 3.55. The predicted octanol–water partition coefficient (Wildman–Crippen LogP) is 2.52. The molecule has 0 unspecified atom stereocenters. The van der Waals surface area contributed by atoms with Crippen molar-refractivity contribution in [1.29, 1.82) is 0 Å². The molecule has 0 atom stereocenters. The van der Waals surface area contributed by atoms with Crippen LogP contribution in [0.5, 0.6) is 5.75 Å². The number of ether oxygens (including phenoxy) is 1. The van der Waals surface area contributed by atoms with Gasteiger partial charge >= 0.3 is 0 Å². The number of benzene rings is 1. The minimum Gasteiger partial charge on any atom is -0.497 e. The zero-order valence-corrected chi connectivity index (χ0v) is 15.7. The average molecular weight is 366 g/mol. The second-order valence-corrected chi connectivity index (χ2v) is 6.77. The van der Waals surface area contributed by atoms with Crippen molar-refractivity contribution < 1.29 is 13.9 Å². The second-order valence-electron chi connectivity index (χ2n) is 6.77. The highest BCUT2D eigenvalue weighted by atomic mass is 16.5. The van der Waals surface area contributed by atoms with Gasteiger partial charge in [0.25, 0.3) is 0 Å². The maximum absolute atomic E-state index is 12.9. The van der Waals surface area contributed by atoms with Crippen LogP contribution in [0, 0.1) is 6.92 Å². The number of oxazole rings is 1. The van der Waals surface area contributed by atoms with E-state index < -0.39 is 0 Å². The Labute approximate surface area is 157 Å². The topological polar surface area (TPSA) is 73.4 Å². The number of aryl methyl sites for hydroxylation is 2. The van der Waals surface area contributed by atoms with E-state index in [9.17, 15) is 4.79 Å². The fourth-order valence-electron chi connectivity index (χ4n) is 3.51. The van der Waals surface area contributed by atoms with E-state index >= 15 is 0 Å². The number of nitrogens with zero attached hydrogens (tertiary/aromatic N) is 4. The Bertz CT molecular complexity index is 989. The van der Waals surface area contributed by atoms with Crippen LogP contribution in [0.4, 0.5) is 0 Å². The van der Waals surface area contributed by atoms with Crippen LogP contribution >= 0.6 is 0 Å². The number of carbonyl (C=O) groups is 1. The monoisotopic (exact) mass is 366 g/mol. The Balaban J connectivity index is 1.56. The first-order valence-electron chi connectivity index (χ1n) is 8.93. The maximum Gasteiger partial charge on any atom is 0.247 e. The molecule has 0 spiro atoms. The van der Waals surface area contributed by atoms with Crippen molar-refractivity contribution in [3.63, 3.8) is 0 Å². The summed E-state index contributed by atoms with van der Waals surface area (Å²) >= 11 is 0. The summed E-state index contributed by atoms with van der Waals surface area (Å²) in [4.78, 5) is 19.0. The molecular weight excluding hydrogens is 344 g/mol. The summed E-state index contributed by atoms with van der Waals surface area (Å²) in [5.74, 6) is 2.10. The Morgan fingerprint density at radius 2 is 2.22 bits per heavy atom. The molecule has 0 radical (unpaired) electrons. The molecule has 1 aliphatic heterocycles. The zero-order chi connectivity index (χ0) is 19.0. The highest BCUT2D eigenvalue weighted by Gasteiger charge is 2.28. The van der Waals surface area contributed by atoms with Gasteiger partial charge in [-0.05, 0) is 24.6 Å². The summed E-state index contributed by atoms with van der Waals surface area (Å²) in [6.45, 7) is 3.05. The fourth-order valence-corrected chi connectivity index (χ4v) is 3.51. The molecule has 27 heavy (non-hydrogen) atoms. The smallest absolute Gasteiger partial charge is 0.247 e. The van der Waals surface area contributed by atoms with Crippen LogP contribution in [-0.4, -0.2) is 39.2 Å². The molecule has 140 valence electrons. The molecule has 3 aromatic rings. The normalized spacial score (nSPS) is 13.5. The molecule has 0 aliphatic carbocycles. The molecule has 0 N–H and O–H groups in total. The highest BCUT2D eigenvalue weighted by Crippen LogP contribution is 2.29. The fraction of sp³-hybridized carbons (Fsp3) is 0.350. The van der Waals surface area contributed by atoms with Crippen molar-refractivity contribution in [3.8, 4) is 17.3 Å². The van der Waals surface area contributed by atoms with Crippen molar-refractivity contribution in [1.82, 2.24) is 19.7 Å². The SMILES string of the molecule is COc1cccc(CC(=O)N2CCc3c(c(-c4ncc(C)o4)nn3C)C2)c1. The first-order chi connectivity index (χ1) is 13.0. The summed E-state index contributed by atoms with van der Waals surface area (Å²) in [5, 5.41) is 4.58. The quantitative estimate of drug-likeness (QED) is 0.709. The van der Waals surface area contributed by atoms with Crippen LogP contribution in [-0.2, 0) is 31.2 Å². The van der Waals surface area contributed by atoms with Crippen LogP contribution in [0.15, 0.2) is 34.9 Å². The van der Waals surface area contributed by atoms with Crippen molar-refractivity contribution in [2.75, 3.05) is 13.7 Å². The number of methoxy groups -OCH3 is 1. The molecule has 2 aromatic heterocycles. The third-order valence-corrected chi connectivity index (χ3v) is 4.91. The molecule has 1 amide bonds. The zero-order valence-electron chi connectivity index (χ0n) is 15.7. The minimum absolute atomic E-state index is 0.0901. The molecule has 7 nitrogen and oxygen atoms in total. The van der Waals surface area contributed by atoms with Gasteiger partial charge in [-0.25, -0.2) is 4.98 Å². The van der Waals surface area contributed by atoms with Gasteiger partial charge < -0.3 is 14.1 Å². The summed E-state index contributed by atoms with van der Waals surface area (Å²) in [6.07, 6.45) is 2.80. The summed E-state index contributed by atoms with van der Waals surface area (Å²) in [6, 6.07) is 7.63. The lowest BCUT2D eigenvalue weighted by Crippen LogP contribution is -2.37. The summed E-state index contributed by atoms with van der Waals surface area (Å²) in [5.41, 5.74) is 3.82. The van der Waals surface area contributed by atoms with Gasteiger partial charge in [0.1, 0.15) is 11.5 Å². The molecule has 0 fully saturated rings. The number of rotatable bonds is 4. The molecular formula is C20H22N4O3. The lowest BCUT2D eigenvalue weighted by molar-refractivity contribution is -0.131. The molecule has 4 rings (SSSR count). The first kappa shape index (κ1) is 17.3. The minimum atomic E-state index is 0.0901. The lowest BCUT2D eigenvalue weighted by atomic mass is 10.0. The van der Waals surface area contributed by atoms with Crippen LogP contribution in [0.25, 0.3) is 11.6 Å². The van der Waals surface area contributed by atoms with E-state index in [1.54, 1.807) is 13.3 Å². The molecule has 0 saturated heterocycles. The molecule has 1 aliphatic rings. The second kappa shape index (κ2) is 6.90. The van der Waals surface area contributed by atoms with Crippen molar-refractivity contribution in [3.05, 3.63) is 53.0 Å². The standard InChI is InChI=1S/C20H22N4O3/c1-13-11-21-20(27-13)19-16-12-24(8-7-17(16)23(2)22-19)18(25)10-14-5-4-6-15(9-14)26-3/h4-6,9,11H,7-8,10,12H2,1-3H3. The number of carbonyl (C=O) groups excluding carboxylic acids is 1. The van der Waals surface area contributed by atoms with Gasteiger partial charge in [-0.1, -0.05) is 12.1 Å². The third kappa shape index (κ3) is 3.32. The van der Waals surface area contributed by atoms with E-state index in [1.807, 2.05) is 47.8 Å². The summed E-state index contributed by atoms with van der Waals surface area (Å²) < 4.78 is 12.8. The predicted molar refractivity (Wildman–Crippen MR) is 99.3 cm³/mol. The van der Waals surface area contributed by atoms with Crippen LogP contribution in [0.1, 0.15) is 22.6 Å². The number of hydrogen-bond acceptors (Lipinski definition) is 5. The van der Waals surface area contributed by atoms with Gasteiger partial charge in [-0.15, -0.1) is 0 Å². The van der Waals surface area contributed by atoms with E-state index in [0.29, 0.717) is 25.4 Å². The van der Waals surface area contributed by atoms with Crippen LogP contribution in [0.3, 0.4) is 0 Å². The number of hydrogen-bond donors (Lipinski definition) is 0.